The van der Waals surface area contributed by atoms with Crippen molar-refractivity contribution < 1.29 is 0 Å². The molecule has 0 saturated heterocycles. The quantitative estimate of drug-likeness (QED) is 0.851. The van der Waals surface area contributed by atoms with Crippen LogP contribution in [-0.2, 0) is 6.54 Å². The van der Waals surface area contributed by atoms with Gasteiger partial charge in [0, 0.05) is 18.1 Å². The van der Waals surface area contributed by atoms with E-state index in [-0.39, 0.29) is 6.04 Å². The first kappa shape index (κ1) is 12.2. The summed E-state index contributed by atoms with van der Waals surface area (Å²) >= 11 is 1.38. The van der Waals surface area contributed by atoms with Crippen molar-refractivity contribution in [1.82, 2.24) is 24.7 Å². The largest absolute Gasteiger partial charge is 0.304 e. The van der Waals surface area contributed by atoms with Crippen LogP contribution in [0.5, 0.6) is 0 Å². The van der Waals surface area contributed by atoms with E-state index in [4.69, 9.17) is 0 Å². The summed E-state index contributed by atoms with van der Waals surface area (Å²) in [5.41, 5.74) is 2.12. The van der Waals surface area contributed by atoms with Gasteiger partial charge < -0.3 is 5.32 Å². The van der Waals surface area contributed by atoms with Gasteiger partial charge in [0.2, 0.25) is 0 Å². The molecular formula is C11H17N5S. The van der Waals surface area contributed by atoms with Crippen molar-refractivity contribution in [1.29, 1.82) is 0 Å². The number of aromatic nitrogens is 4. The lowest BCUT2D eigenvalue weighted by Gasteiger charge is -2.17. The standard InChI is InChI=1S/C11H17N5S/c1-3-6-12-11(9-8-17-15-14-9)10-5-7-13-16(10)4-2/h5,7-8,11-12H,3-4,6H2,1-2H3. The zero-order valence-electron chi connectivity index (χ0n) is 10.1. The highest BCUT2D eigenvalue weighted by molar-refractivity contribution is 7.03. The molecule has 1 atom stereocenters. The highest BCUT2D eigenvalue weighted by Gasteiger charge is 2.19. The Hall–Kier alpha value is -1.27. The van der Waals surface area contributed by atoms with E-state index < -0.39 is 0 Å². The Kier molecular flexibility index (Phi) is 4.22. The SMILES string of the molecule is CCCNC(c1csnn1)c1ccnn1CC. The Bertz CT molecular complexity index is 436. The molecule has 2 heterocycles. The first-order valence-corrected chi connectivity index (χ1v) is 6.72. The van der Waals surface area contributed by atoms with Gasteiger partial charge in [-0.2, -0.15) is 5.10 Å². The third-order valence-electron chi connectivity index (χ3n) is 2.62. The molecule has 0 fully saturated rings. The van der Waals surface area contributed by atoms with Crippen molar-refractivity contribution >= 4 is 11.5 Å². The molecule has 1 N–H and O–H groups in total. The molecule has 0 bridgehead atoms. The maximum absolute atomic E-state index is 4.31. The Balaban J connectivity index is 2.27. The highest BCUT2D eigenvalue weighted by Crippen LogP contribution is 2.20. The minimum atomic E-state index is 0.0937. The maximum Gasteiger partial charge on any atom is 0.0986 e. The normalized spacial score (nSPS) is 12.8. The number of hydrogen-bond acceptors (Lipinski definition) is 5. The van der Waals surface area contributed by atoms with Crippen molar-refractivity contribution in [2.45, 2.75) is 32.9 Å². The summed E-state index contributed by atoms with van der Waals surface area (Å²) in [6, 6.07) is 2.13. The summed E-state index contributed by atoms with van der Waals surface area (Å²) in [7, 11) is 0. The summed E-state index contributed by atoms with van der Waals surface area (Å²) in [6.45, 7) is 6.06. The zero-order chi connectivity index (χ0) is 12.1. The molecule has 0 spiro atoms. The van der Waals surface area contributed by atoms with Crippen LogP contribution in [0.15, 0.2) is 17.6 Å². The lowest BCUT2D eigenvalue weighted by atomic mass is 10.1. The first-order chi connectivity index (χ1) is 8.36. The zero-order valence-corrected chi connectivity index (χ0v) is 10.9. The van der Waals surface area contributed by atoms with Gasteiger partial charge in [-0.25, -0.2) is 0 Å². The predicted molar refractivity (Wildman–Crippen MR) is 67.9 cm³/mol. The summed E-state index contributed by atoms with van der Waals surface area (Å²) in [5.74, 6) is 0. The lowest BCUT2D eigenvalue weighted by Crippen LogP contribution is -2.26. The molecule has 0 aromatic carbocycles. The number of rotatable bonds is 6. The molecule has 0 aliphatic heterocycles. The van der Waals surface area contributed by atoms with Crippen molar-refractivity contribution in [3.05, 3.63) is 29.0 Å². The van der Waals surface area contributed by atoms with Crippen LogP contribution >= 0.6 is 11.5 Å². The van der Waals surface area contributed by atoms with Crippen LogP contribution in [-0.4, -0.2) is 25.9 Å². The second kappa shape index (κ2) is 5.88. The van der Waals surface area contributed by atoms with Crippen LogP contribution < -0.4 is 5.32 Å². The van der Waals surface area contributed by atoms with Gasteiger partial charge in [0.15, 0.2) is 0 Å². The molecule has 0 aliphatic rings. The Morgan fingerprint density at radius 1 is 1.47 bits per heavy atom. The molecular weight excluding hydrogens is 234 g/mol. The van der Waals surface area contributed by atoms with Gasteiger partial charge in [0.25, 0.3) is 0 Å². The molecule has 0 radical (unpaired) electrons. The monoisotopic (exact) mass is 251 g/mol. The van der Waals surface area contributed by atoms with E-state index in [0.29, 0.717) is 0 Å². The second-order valence-electron chi connectivity index (χ2n) is 3.79. The van der Waals surface area contributed by atoms with Gasteiger partial charge in [-0.3, -0.25) is 4.68 Å². The van der Waals surface area contributed by atoms with E-state index >= 15 is 0 Å². The van der Waals surface area contributed by atoms with Gasteiger partial charge >= 0.3 is 0 Å². The molecule has 2 aromatic rings. The summed E-state index contributed by atoms with van der Waals surface area (Å²) in [6.07, 6.45) is 2.92. The predicted octanol–water partition coefficient (Wildman–Crippen LogP) is 1.84. The molecule has 5 nitrogen and oxygen atoms in total. The second-order valence-corrected chi connectivity index (χ2v) is 4.40. The van der Waals surface area contributed by atoms with Crippen LogP contribution in [0.25, 0.3) is 0 Å². The minimum Gasteiger partial charge on any atom is -0.304 e. The van der Waals surface area contributed by atoms with Crippen LogP contribution in [0.4, 0.5) is 0 Å². The topological polar surface area (TPSA) is 55.6 Å². The van der Waals surface area contributed by atoms with Gasteiger partial charge in [0.05, 0.1) is 17.4 Å². The Labute approximate surface area is 105 Å². The molecule has 17 heavy (non-hydrogen) atoms. The smallest absolute Gasteiger partial charge is 0.0986 e. The number of nitrogens with one attached hydrogen (secondary N) is 1. The Morgan fingerprint density at radius 3 is 3.00 bits per heavy atom. The third kappa shape index (κ3) is 2.70. The van der Waals surface area contributed by atoms with E-state index in [1.807, 2.05) is 22.3 Å². The van der Waals surface area contributed by atoms with Crippen molar-refractivity contribution in [3.8, 4) is 0 Å². The number of aryl methyl sites for hydroxylation is 1. The average Bonchev–Trinajstić information content (AvgIpc) is 3.00. The molecule has 2 aromatic heterocycles. The number of nitrogens with zero attached hydrogens (tertiary/aromatic N) is 4. The van der Waals surface area contributed by atoms with Gasteiger partial charge in [-0.15, -0.1) is 5.10 Å². The van der Waals surface area contributed by atoms with Crippen molar-refractivity contribution in [3.63, 3.8) is 0 Å². The number of hydrogen-bond donors (Lipinski definition) is 1. The minimum absolute atomic E-state index is 0.0937. The molecule has 0 saturated carbocycles. The van der Waals surface area contributed by atoms with Crippen LogP contribution in [0.2, 0.25) is 0 Å². The molecule has 6 heteroatoms. The van der Waals surface area contributed by atoms with E-state index in [9.17, 15) is 0 Å². The summed E-state index contributed by atoms with van der Waals surface area (Å²) in [4.78, 5) is 0. The van der Waals surface area contributed by atoms with Gasteiger partial charge in [0.1, 0.15) is 0 Å². The highest BCUT2D eigenvalue weighted by atomic mass is 32.1. The fourth-order valence-corrected chi connectivity index (χ4v) is 2.28. The average molecular weight is 251 g/mol. The van der Waals surface area contributed by atoms with Crippen LogP contribution in [0.3, 0.4) is 0 Å². The lowest BCUT2D eigenvalue weighted by molar-refractivity contribution is 0.521. The third-order valence-corrected chi connectivity index (χ3v) is 3.14. The van der Waals surface area contributed by atoms with Crippen molar-refractivity contribution in [2.75, 3.05) is 6.54 Å². The van der Waals surface area contributed by atoms with E-state index in [0.717, 1.165) is 30.9 Å². The maximum atomic E-state index is 4.31. The molecule has 92 valence electrons. The van der Waals surface area contributed by atoms with Crippen LogP contribution in [0, 0.1) is 0 Å². The summed E-state index contributed by atoms with van der Waals surface area (Å²) < 4.78 is 5.93. The fourth-order valence-electron chi connectivity index (χ4n) is 1.80. The first-order valence-electron chi connectivity index (χ1n) is 5.88. The Morgan fingerprint density at radius 2 is 2.35 bits per heavy atom. The van der Waals surface area contributed by atoms with Gasteiger partial charge in [-0.1, -0.05) is 11.4 Å². The van der Waals surface area contributed by atoms with Crippen LogP contribution in [0.1, 0.15) is 37.7 Å². The summed E-state index contributed by atoms with van der Waals surface area (Å²) in [5, 5.41) is 13.9. The van der Waals surface area contributed by atoms with E-state index in [1.165, 1.54) is 11.5 Å². The molecule has 0 aliphatic carbocycles. The fraction of sp³-hybridized carbons (Fsp3) is 0.545. The molecule has 0 amide bonds. The van der Waals surface area contributed by atoms with E-state index in [1.54, 1.807) is 0 Å². The molecule has 1 unspecified atom stereocenters. The van der Waals surface area contributed by atoms with E-state index in [2.05, 4.69) is 33.8 Å². The van der Waals surface area contributed by atoms with Gasteiger partial charge in [-0.05, 0) is 37.5 Å². The molecule has 2 rings (SSSR count). The van der Waals surface area contributed by atoms with Crippen molar-refractivity contribution in [2.24, 2.45) is 0 Å².